The molecule has 0 saturated carbocycles. The maximum Gasteiger partial charge on any atom is 0.123 e. The standard InChI is InChI=1S/C12H13F/c1-9-5-6-11(7-9)10-3-2-4-12(13)8-10/h2-4,7-9H,5-6H2,1H3. The largest absolute Gasteiger partial charge is 0.207 e. The summed E-state index contributed by atoms with van der Waals surface area (Å²) in [5.41, 5.74) is 2.34. The lowest BCUT2D eigenvalue weighted by atomic mass is 10.1. The number of hydrogen-bond acceptors (Lipinski definition) is 0. The van der Waals surface area contributed by atoms with Crippen molar-refractivity contribution in [2.24, 2.45) is 5.92 Å². The summed E-state index contributed by atoms with van der Waals surface area (Å²) in [6.45, 7) is 2.20. The number of rotatable bonds is 1. The van der Waals surface area contributed by atoms with E-state index < -0.39 is 0 Å². The van der Waals surface area contributed by atoms with Gasteiger partial charge >= 0.3 is 0 Å². The maximum absolute atomic E-state index is 12.9. The summed E-state index contributed by atoms with van der Waals surface area (Å²) in [6, 6.07) is 6.85. The zero-order chi connectivity index (χ0) is 9.26. The van der Waals surface area contributed by atoms with E-state index in [-0.39, 0.29) is 5.82 Å². The lowest BCUT2D eigenvalue weighted by Crippen LogP contribution is -1.81. The summed E-state index contributed by atoms with van der Waals surface area (Å²) in [5, 5.41) is 0. The fourth-order valence-electron chi connectivity index (χ4n) is 1.82. The molecule has 0 nitrogen and oxygen atoms in total. The van der Waals surface area contributed by atoms with Crippen molar-refractivity contribution in [1.29, 1.82) is 0 Å². The van der Waals surface area contributed by atoms with E-state index in [9.17, 15) is 4.39 Å². The second-order valence-electron chi connectivity index (χ2n) is 3.72. The van der Waals surface area contributed by atoms with Crippen molar-refractivity contribution in [3.05, 3.63) is 41.7 Å². The van der Waals surface area contributed by atoms with Crippen LogP contribution in [-0.2, 0) is 0 Å². The summed E-state index contributed by atoms with van der Waals surface area (Å²) in [6.07, 6.45) is 4.53. The first kappa shape index (κ1) is 8.49. The van der Waals surface area contributed by atoms with Crippen LogP contribution in [0.15, 0.2) is 30.3 Å². The van der Waals surface area contributed by atoms with Gasteiger partial charge in [0.15, 0.2) is 0 Å². The first-order valence-corrected chi connectivity index (χ1v) is 4.72. The molecule has 0 saturated heterocycles. The molecule has 1 aromatic carbocycles. The van der Waals surface area contributed by atoms with Gasteiger partial charge in [0.25, 0.3) is 0 Å². The zero-order valence-electron chi connectivity index (χ0n) is 7.76. The second kappa shape index (κ2) is 3.33. The van der Waals surface area contributed by atoms with Gasteiger partial charge < -0.3 is 0 Å². The van der Waals surface area contributed by atoms with Gasteiger partial charge in [0.05, 0.1) is 0 Å². The van der Waals surface area contributed by atoms with Gasteiger partial charge in [0.1, 0.15) is 5.82 Å². The Kier molecular flexibility index (Phi) is 2.17. The van der Waals surface area contributed by atoms with Crippen LogP contribution in [0.25, 0.3) is 5.57 Å². The molecule has 0 N–H and O–H groups in total. The molecule has 0 spiro atoms. The molecule has 1 aromatic rings. The molecule has 2 rings (SSSR count). The Balaban J connectivity index is 2.31. The van der Waals surface area contributed by atoms with Gasteiger partial charge in [-0.2, -0.15) is 0 Å². The molecular formula is C12H13F. The van der Waals surface area contributed by atoms with Crippen LogP contribution in [0.4, 0.5) is 4.39 Å². The van der Waals surface area contributed by atoms with Gasteiger partial charge in [-0.3, -0.25) is 0 Å². The van der Waals surface area contributed by atoms with Crippen LogP contribution in [0, 0.1) is 11.7 Å². The molecule has 0 bridgehead atoms. The van der Waals surface area contributed by atoms with Gasteiger partial charge in [-0.05, 0) is 42.0 Å². The fraction of sp³-hybridized carbons (Fsp3) is 0.333. The quantitative estimate of drug-likeness (QED) is 0.612. The molecule has 0 heterocycles. The third-order valence-electron chi connectivity index (χ3n) is 2.55. The first-order chi connectivity index (χ1) is 6.25. The predicted octanol–water partition coefficient (Wildman–Crippen LogP) is 3.64. The number of hydrogen-bond donors (Lipinski definition) is 0. The van der Waals surface area contributed by atoms with Crippen molar-refractivity contribution in [3.63, 3.8) is 0 Å². The molecule has 0 amide bonds. The van der Waals surface area contributed by atoms with Crippen molar-refractivity contribution in [2.75, 3.05) is 0 Å². The lowest BCUT2D eigenvalue weighted by molar-refractivity contribution is 0.627. The van der Waals surface area contributed by atoms with Gasteiger partial charge in [-0.25, -0.2) is 4.39 Å². The van der Waals surface area contributed by atoms with E-state index in [1.807, 2.05) is 6.07 Å². The average Bonchev–Trinajstić information content (AvgIpc) is 2.52. The highest BCUT2D eigenvalue weighted by atomic mass is 19.1. The molecule has 1 unspecified atom stereocenters. The van der Waals surface area contributed by atoms with E-state index in [0.717, 1.165) is 12.0 Å². The molecule has 68 valence electrons. The Morgan fingerprint density at radius 2 is 2.23 bits per heavy atom. The van der Waals surface area contributed by atoms with E-state index in [2.05, 4.69) is 13.0 Å². The van der Waals surface area contributed by atoms with E-state index in [0.29, 0.717) is 5.92 Å². The minimum absolute atomic E-state index is 0.141. The highest BCUT2D eigenvalue weighted by Gasteiger charge is 2.12. The minimum Gasteiger partial charge on any atom is -0.207 e. The van der Waals surface area contributed by atoms with Gasteiger partial charge in [0, 0.05) is 0 Å². The number of halogens is 1. The highest BCUT2D eigenvalue weighted by Crippen LogP contribution is 2.31. The summed E-state index contributed by atoms with van der Waals surface area (Å²) in [7, 11) is 0. The van der Waals surface area contributed by atoms with Crippen LogP contribution >= 0.6 is 0 Å². The normalized spacial score (nSPS) is 21.7. The Bertz CT molecular complexity index is 339. The summed E-state index contributed by atoms with van der Waals surface area (Å²) in [4.78, 5) is 0. The maximum atomic E-state index is 12.9. The molecule has 0 aliphatic heterocycles. The van der Waals surface area contributed by atoms with Gasteiger partial charge in [-0.1, -0.05) is 25.1 Å². The average molecular weight is 176 g/mol. The van der Waals surface area contributed by atoms with Crippen molar-refractivity contribution in [3.8, 4) is 0 Å². The van der Waals surface area contributed by atoms with Crippen molar-refractivity contribution in [2.45, 2.75) is 19.8 Å². The number of benzene rings is 1. The molecule has 1 heteroatoms. The van der Waals surface area contributed by atoms with Crippen molar-refractivity contribution in [1.82, 2.24) is 0 Å². The fourth-order valence-corrected chi connectivity index (χ4v) is 1.82. The van der Waals surface area contributed by atoms with E-state index in [1.165, 1.54) is 18.1 Å². The minimum atomic E-state index is -0.141. The van der Waals surface area contributed by atoms with Crippen LogP contribution in [0.5, 0.6) is 0 Å². The van der Waals surface area contributed by atoms with Crippen LogP contribution in [0.3, 0.4) is 0 Å². The number of allylic oxidation sites excluding steroid dienone is 2. The molecular weight excluding hydrogens is 163 g/mol. The Morgan fingerprint density at radius 3 is 2.85 bits per heavy atom. The molecule has 13 heavy (non-hydrogen) atoms. The third-order valence-corrected chi connectivity index (χ3v) is 2.55. The Labute approximate surface area is 78.1 Å². The topological polar surface area (TPSA) is 0 Å². The molecule has 0 radical (unpaired) electrons. The highest BCUT2D eigenvalue weighted by molar-refractivity contribution is 5.67. The van der Waals surface area contributed by atoms with E-state index >= 15 is 0 Å². The van der Waals surface area contributed by atoms with Crippen LogP contribution in [0.2, 0.25) is 0 Å². The zero-order valence-corrected chi connectivity index (χ0v) is 7.76. The molecule has 0 fully saturated rings. The Hall–Kier alpha value is -1.11. The molecule has 0 aromatic heterocycles. The van der Waals surface area contributed by atoms with Gasteiger partial charge in [0.2, 0.25) is 0 Å². The Morgan fingerprint density at radius 1 is 1.38 bits per heavy atom. The van der Waals surface area contributed by atoms with Gasteiger partial charge in [-0.15, -0.1) is 0 Å². The smallest absolute Gasteiger partial charge is 0.123 e. The molecule has 1 aliphatic carbocycles. The predicted molar refractivity (Wildman–Crippen MR) is 52.8 cm³/mol. The molecule has 1 aliphatic rings. The summed E-state index contributed by atoms with van der Waals surface area (Å²) < 4.78 is 12.9. The monoisotopic (exact) mass is 176 g/mol. The SMILES string of the molecule is CC1C=C(c2cccc(F)c2)CC1. The summed E-state index contributed by atoms with van der Waals surface area (Å²) >= 11 is 0. The summed E-state index contributed by atoms with van der Waals surface area (Å²) in [5.74, 6) is 0.510. The third kappa shape index (κ3) is 1.80. The van der Waals surface area contributed by atoms with E-state index in [4.69, 9.17) is 0 Å². The lowest BCUT2D eigenvalue weighted by Gasteiger charge is -2.00. The van der Waals surface area contributed by atoms with Crippen LogP contribution in [-0.4, -0.2) is 0 Å². The molecule has 1 atom stereocenters. The van der Waals surface area contributed by atoms with Crippen molar-refractivity contribution >= 4 is 5.57 Å². The second-order valence-corrected chi connectivity index (χ2v) is 3.72. The van der Waals surface area contributed by atoms with Crippen molar-refractivity contribution < 1.29 is 4.39 Å². The van der Waals surface area contributed by atoms with Crippen LogP contribution < -0.4 is 0 Å². The van der Waals surface area contributed by atoms with E-state index in [1.54, 1.807) is 12.1 Å². The first-order valence-electron chi connectivity index (χ1n) is 4.72. The van der Waals surface area contributed by atoms with Crippen LogP contribution in [0.1, 0.15) is 25.3 Å².